The predicted octanol–water partition coefficient (Wildman–Crippen LogP) is 7.58. The van der Waals surface area contributed by atoms with Crippen LogP contribution in [0.5, 0.6) is 5.75 Å². The van der Waals surface area contributed by atoms with Crippen LogP contribution in [0.4, 0.5) is 0 Å². The summed E-state index contributed by atoms with van der Waals surface area (Å²) in [6, 6.07) is 16.9. The van der Waals surface area contributed by atoms with Crippen LogP contribution in [0.15, 0.2) is 48.5 Å². The van der Waals surface area contributed by atoms with Crippen molar-refractivity contribution in [1.29, 1.82) is 0 Å². The van der Waals surface area contributed by atoms with Crippen LogP contribution in [0.1, 0.15) is 76.9 Å². The van der Waals surface area contributed by atoms with E-state index in [1.165, 1.54) is 68.1 Å². The van der Waals surface area contributed by atoms with Crippen LogP contribution in [0.3, 0.4) is 0 Å². The van der Waals surface area contributed by atoms with E-state index in [4.69, 9.17) is 9.47 Å². The lowest BCUT2D eigenvalue weighted by Gasteiger charge is -2.14. The quantitative estimate of drug-likeness (QED) is 0.339. The van der Waals surface area contributed by atoms with Crippen molar-refractivity contribution in [3.8, 4) is 16.9 Å². The van der Waals surface area contributed by atoms with Crippen LogP contribution in [0.2, 0.25) is 0 Å². The van der Waals surface area contributed by atoms with Crippen LogP contribution in [0, 0.1) is 0 Å². The molecule has 27 heavy (non-hydrogen) atoms. The fourth-order valence-electron chi connectivity index (χ4n) is 3.32. The Bertz CT molecular complexity index is 616. The lowest BCUT2D eigenvalue weighted by atomic mass is 10.0. The number of benzene rings is 2. The second kappa shape index (κ2) is 12.6. The molecule has 0 spiro atoms. The highest BCUT2D eigenvalue weighted by Crippen LogP contribution is 2.25. The van der Waals surface area contributed by atoms with Gasteiger partial charge in [0, 0.05) is 6.61 Å². The van der Waals surface area contributed by atoms with Gasteiger partial charge in [-0.15, -0.1) is 0 Å². The maximum absolute atomic E-state index is 6.03. The summed E-state index contributed by atoms with van der Waals surface area (Å²) in [5, 5.41) is 0. The molecule has 2 aromatic rings. The maximum atomic E-state index is 6.03. The van der Waals surface area contributed by atoms with Gasteiger partial charge in [0.25, 0.3) is 0 Å². The summed E-state index contributed by atoms with van der Waals surface area (Å²) < 4.78 is 11.3. The van der Waals surface area contributed by atoms with E-state index in [2.05, 4.69) is 50.2 Å². The van der Waals surface area contributed by atoms with Gasteiger partial charge in [0.2, 0.25) is 0 Å². The number of hydrogen-bond acceptors (Lipinski definition) is 2. The van der Waals surface area contributed by atoms with Gasteiger partial charge >= 0.3 is 0 Å². The third-order valence-electron chi connectivity index (χ3n) is 5.17. The van der Waals surface area contributed by atoms with Crippen molar-refractivity contribution in [3.63, 3.8) is 0 Å². The fourth-order valence-corrected chi connectivity index (χ4v) is 3.32. The first-order valence-electron chi connectivity index (χ1n) is 10.6. The van der Waals surface area contributed by atoms with E-state index in [1.54, 1.807) is 7.11 Å². The summed E-state index contributed by atoms with van der Waals surface area (Å²) in [5.41, 5.74) is 3.67. The van der Waals surface area contributed by atoms with E-state index in [9.17, 15) is 0 Å². The second-order valence-corrected chi connectivity index (χ2v) is 7.34. The largest absolute Gasteiger partial charge is 0.497 e. The Hall–Kier alpha value is -1.80. The van der Waals surface area contributed by atoms with E-state index in [-0.39, 0.29) is 6.10 Å². The molecule has 0 aliphatic carbocycles. The van der Waals surface area contributed by atoms with Crippen LogP contribution >= 0.6 is 0 Å². The van der Waals surface area contributed by atoms with Crippen molar-refractivity contribution in [1.82, 2.24) is 0 Å². The molecule has 0 radical (unpaired) electrons. The van der Waals surface area contributed by atoms with Gasteiger partial charge in [-0.3, -0.25) is 0 Å². The molecule has 0 aromatic heterocycles. The number of rotatable bonds is 13. The maximum Gasteiger partial charge on any atom is 0.118 e. The second-order valence-electron chi connectivity index (χ2n) is 7.34. The van der Waals surface area contributed by atoms with E-state index < -0.39 is 0 Å². The zero-order valence-electron chi connectivity index (χ0n) is 17.4. The SMILES string of the molecule is CCCCCCCCCCOC(C)c1ccc(-c2ccc(OC)cc2)cc1. The van der Waals surface area contributed by atoms with Gasteiger partial charge < -0.3 is 9.47 Å². The molecule has 0 bridgehead atoms. The molecule has 0 aliphatic rings. The van der Waals surface area contributed by atoms with Crippen molar-refractivity contribution in [3.05, 3.63) is 54.1 Å². The first kappa shape index (κ1) is 21.5. The van der Waals surface area contributed by atoms with Crippen molar-refractivity contribution in [2.45, 2.75) is 71.3 Å². The zero-order valence-corrected chi connectivity index (χ0v) is 17.4. The third-order valence-corrected chi connectivity index (χ3v) is 5.17. The normalized spacial score (nSPS) is 12.1. The fraction of sp³-hybridized carbons (Fsp3) is 0.520. The summed E-state index contributed by atoms with van der Waals surface area (Å²) in [6.45, 7) is 5.27. The van der Waals surface area contributed by atoms with Crippen LogP contribution in [-0.2, 0) is 4.74 Å². The smallest absolute Gasteiger partial charge is 0.118 e. The van der Waals surface area contributed by atoms with E-state index >= 15 is 0 Å². The summed E-state index contributed by atoms with van der Waals surface area (Å²) in [4.78, 5) is 0. The molecule has 0 heterocycles. The minimum absolute atomic E-state index is 0.152. The molecule has 2 aromatic carbocycles. The zero-order chi connectivity index (χ0) is 19.3. The van der Waals surface area contributed by atoms with E-state index in [0.717, 1.165) is 12.4 Å². The Morgan fingerprint density at radius 1 is 0.704 bits per heavy atom. The molecule has 0 aliphatic heterocycles. The van der Waals surface area contributed by atoms with E-state index in [1.807, 2.05) is 12.1 Å². The molecule has 0 saturated carbocycles. The average Bonchev–Trinajstić information content (AvgIpc) is 2.72. The highest BCUT2D eigenvalue weighted by molar-refractivity contribution is 5.64. The van der Waals surface area contributed by atoms with Gasteiger partial charge in [0.05, 0.1) is 13.2 Å². The number of unbranched alkanes of at least 4 members (excludes halogenated alkanes) is 7. The molecule has 1 atom stereocenters. The van der Waals surface area contributed by atoms with Crippen LogP contribution < -0.4 is 4.74 Å². The lowest BCUT2D eigenvalue weighted by molar-refractivity contribution is 0.0627. The van der Waals surface area contributed by atoms with Gasteiger partial charge in [-0.25, -0.2) is 0 Å². The molecule has 2 nitrogen and oxygen atoms in total. The van der Waals surface area contributed by atoms with Gasteiger partial charge in [-0.2, -0.15) is 0 Å². The highest BCUT2D eigenvalue weighted by Gasteiger charge is 2.06. The van der Waals surface area contributed by atoms with Crippen molar-refractivity contribution in [2.75, 3.05) is 13.7 Å². The van der Waals surface area contributed by atoms with Gasteiger partial charge in [-0.1, -0.05) is 88.3 Å². The first-order valence-corrected chi connectivity index (χ1v) is 10.6. The molecular weight excluding hydrogens is 332 g/mol. The third kappa shape index (κ3) is 7.76. The molecule has 0 amide bonds. The Morgan fingerprint density at radius 2 is 1.22 bits per heavy atom. The molecular formula is C25H36O2. The van der Waals surface area contributed by atoms with Crippen molar-refractivity contribution in [2.24, 2.45) is 0 Å². The minimum atomic E-state index is 0.152. The number of hydrogen-bond donors (Lipinski definition) is 0. The van der Waals surface area contributed by atoms with Gasteiger partial charge in [0.1, 0.15) is 5.75 Å². The summed E-state index contributed by atoms with van der Waals surface area (Å²) in [6.07, 6.45) is 10.8. The summed E-state index contributed by atoms with van der Waals surface area (Å²) in [5.74, 6) is 0.887. The van der Waals surface area contributed by atoms with Crippen LogP contribution in [-0.4, -0.2) is 13.7 Å². The average molecular weight is 369 g/mol. The standard InChI is InChI=1S/C25H36O2/c1-4-5-6-7-8-9-10-11-20-27-21(2)22-12-14-23(15-13-22)24-16-18-25(26-3)19-17-24/h12-19,21H,4-11,20H2,1-3H3. The highest BCUT2D eigenvalue weighted by atomic mass is 16.5. The minimum Gasteiger partial charge on any atom is -0.497 e. The Balaban J connectivity index is 1.68. The molecule has 148 valence electrons. The Labute approximate surface area is 165 Å². The molecule has 0 N–H and O–H groups in total. The topological polar surface area (TPSA) is 18.5 Å². The van der Waals surface area contributed by atoms with Gasteiger partial charge in [-0.05, 0) is 42.2 Å². The molecule has 2 heteroatoms. The predicted molar refractivity (Wildman–Crippen MR) is 115 cm³/mol. The van der Waals surface area contributed by atoms with E-state index in [0.29, 0.717) is 0 Å². The summed E-state index contributed by atoms with van der Waals surface area (Å²) in [7, 11) is 1.69. The number of ether oxygens (including phenoxy) is 2. The van der Waals surface area contributed by atoms with Crippen molar-refractivity contribution >= 4 is 0 Å². The number of methoxy groups -OCH3 is 1. The molecule has 0 saturated heterocycles. The first-order chi connectivity index (χ1) is 13.2. The van der Waals surface area contributed by atoms with Gasteiger partial charge in [0.15, 0.2) is 0 Å². The molecule has 2 rings (SSSR count). The summed E-state index contributed by atoms with van der Waals surface area (Å²) >= 11 is 0. The molecule has 1 unspecified atom stereocenters. The Kier molecular flexibility index (Phi) is 10.0. The molecule has 0 fully saturated rings. The lowest BCUT2D eigenvalue weighted by Crippen LogP contribution is -2.01. The van der Waals surface area contributed by atoms with Crippen LogP contribution in [0.25, 0.3) is 11.1 Å². The Morgan fingerprint density at radius 3 is 1.78 bits per heavy atom. The van der Waals surface area contributed by atoms with Crippen molar-refractivity contribution < 1.29 is 9.47 Å². The monoisotopic (exact) mass is 368 g/mol.